The Morgan fingerprint density at radius 2 is 2.26 bits per heavy atom. The molecule has 0 saturated carbocycles. The number of aromatic nitrogens is 1. The van der Waals surface area contributed by atoms with Crippen molar-refractivity contribution in [2.24, 2.45) is 0 Å². The van der Waals surface area contributed by atoms with E-state index in [0.29, 0.717) is 6.04 Å². The monoisotopic (exact) mass is 263 g/mol. The van der Waals surface area contributed by atoms with Gasteiger partial charge in [-0.1, -0.05) is 0 Å². The molecule has 1 aliphatic rings. The van der Waals surface area contributed by atoms with Crippen molar-refractivity contribution in [1.82, 2.24) is 15.2 Å². The highest BCUT2D eigenvalue weighted by Crippen LogP contribution is 2.14. The minimum Gasteiger partial charge on any atom is -0.481 e. The van der Waals surface area contributed by atoms with E-state index < -0.39 is 5.97 Å². The van der Waals surface area contributed by atoms with Gasteiger partial charge in [-0.2, -0.15) is 0 Å². The highest BCUT2D eigenvalue weighted by molar-refractivity contribution is 5.67. The van der Waals surface area contributed by atoms with Crippen LogP contribution >= 0.6 is 0 Å². The zero-order valence-electron chi connectivity index (χ0n) is 11.2. The van der Waals surface area contributed by atoms with Gasteiger partial charge in [0.15, 0.2) is 0 Å². The normalized spacial score (nSPS) is 24.9. The molecule has 0 aliphatic carbocycles. The molecule has 1 aromatic rings. The zero-order chi connectivity index (χ0) is 13.7. The Morgan fingerprint density at radius 3 is 2.95 bits per heavy atom. The third kappa shape index (κ3) is 4.29. The van der Waals surface area contributed by atoms with Crippen LogP contribution in [0.2, 0.25) is 0 Å². The van der Waals surface area contributed by atoms with E-state index in [4.69, 9.17) is 5.11 Å². The van der Waals surface area contributed by atoms with Crippen LogP contribution < -0.4 is 5.32 Å². The smallest absolute Gasteiger partial charge is 0.304 e. The van der Waals surface area contributed by atoms with Gasteiger partial charge >= 0.3 is 5.97 Å². The Bertz CT molecular complexity index is 410. The molecule has 2 unspecified atom stereocenters. The molecule has 19 heavy (non-hydrogen) atoms. The SMILES string of the molecule is CC1CCN(Cc2ccncc2)C(CC(=O)O)CN1. The minimum atomic E-state index is -0.735. The molecule has 0 bridgehead atoms. The number of pyridine rings is 1. The molecule has 0 amide bonds. The van der Waals surface area contributed by atoms with Crippen molar-refractivity contribution in [2.45, 2.75) is 38.4 Å². The van der Waals surface area contributed by atoms with Crippen molar-refractivity contribution in [3.63, 3.8) is 0 Å². The fourth-order valence-corrected chi connectivity index (χ4v) is 2.44. The lowest BCUT2D eigenvalue weighted by Crippen LogP contribution is -2.41. The number of nitrogens with one attached hydrogen (secondary N) is 1. The van der Waals surface area contributed by atoms with Gasteiger partial charge in [0.1, 0.15) is 0 Å². The van der Waals surface area contributed by atoms with Crippen molar-refractivity contribution in [3.05, 3.63) is 30.1 Å². The Kier molecular flexibility index (Phi) is 4.87. The van der Waals surface area contributed by atoms with E-state index in [0.717, 1.165) is 26.1 Å². The van der Waals surface area contributed by atoms with Crippen LogP contribution in [0.3, 0.4) is 0 Å². The number of hydrogen-bond acceptors (Lipinski definition) is 4. The number of carboxylic acid groups (broad SMARTS) is 1. The topological polar surface area (TPSA) is 65.5 Å². The van der Waals surface area contributed by atoms with Gasteiger partial charge in [-0.05, 0) is 31.0 Å². The summed E-state index contributed by atoms with van der Waals surface area (Å²) >= 11 is 0. The Labute approximate surface area is 113 Å². The summed E-state index contributed by atoms with van der Waals surface area (Å²) in [5.74, 6) is -0.735. The van der Waals surface area contributed by atoms with Gasteiger partial charge in [-0.3, -0.25) is 14.7 Å². The van der Waals surface area contributed by atoms with Gasteiger partial charge in [0, 0.05) is 44.1 Å². The molecular formula is C14H21N3O2. The number of aliphatic carboxylic acids is 1. The van der Waals surface area contributed by atoms with E-state index in [-0.39, 0.29) is 12.5 Å². The Hall–Kier alpha value is -1.46. The van der Waals surface area contributed by atoms with Gasteiger partial charge in [-0.25, -0.2) is 0 Å². The van der Waals surface area contributed by atoms with Crippen LogP contribution in [0, 0.1) is 0 Å². The van der Waals surface area contributed by atoms with Crippen LogP contribution in [0.4, 0.5) is 0 Å². The second-order valence-corrected chi connectivity index (χ2v) is 5.18. The molecule has 0 spiro atoms. The quantitative estimate of drug-likeness (QED) is 0.852. The molecule has 0 aromatic carbocycles. The van der Waals surface area contributed by atoms with Crippen molar-refractivity contribution in [1.29, 1.82) is 0 Å². The van der Waals surface area contributed by atoms with Gasteiger partial charge in [0.25, 0.3) is 0 Å². The highest BCUT2D eigenvalue weighted by Gasteiger charge is 2.25. The lowest BCUT2D eigenvalue weighted by molar-refractivity contribution is -0.138. The van der Waals surface area contributed by atoms with Crippen LogP contribution in [0.15, 0.2) is 24.5 Å². The average molecular weight is 263 g/mol. The van der Waals surface area contributed by atoms with Crippen molar-refractivity contribution in [3.8, 4) is 0 Å². The van der Waals surface area contributed by atoms with E-state index >= 15 is 0 Å². The van der Waals surface area contributed by atoms with E-state index in [2.05, 4.69) is 22.1 Å². The maximum Gasteiger partial charge on any atom is 0.304 e. The molecule has 2 heterocycles. The summed E-state index contributed by atoms with van der Waals surface area (Å²) in [5, 5.41) is 12.4. The Morgan fingerprint density at radius 1 is 1.53 bits per heavy atom. The van der Waals surface area contributed by atoms with Crippen LogP contribution in [-0.4, -0.2) is 46.1 Å². The summed E-state index contributed by atoms with van der Waals surface area (Å²) in [4.78, 5) is 17.3. The molecule has 2 N–H and O–H groups in total. The zero-order valence-corrected chi connectivity index (χ0v) is 11.2. The number of carboxylic acids is 1. The maximum atomic E-state index is 11.0. The van der Waals surface area contributed by atoms with E-state index in [1.54, 1.807) is 12.4 Å². The first-order valence-corrected chi connectivity index (χ1v) is 6.73. The summed E-state index contributed by atoms with van der Waals surface area (Å²) in [6.45, 7) is 4.59. The summed E-state index contributed by atoms with van der Waals surface area (Å²) in [5.41, 5.74) is 1.18. The lowest BCUT2D eigenvalue weighted by atomic mass is 10.1. The van der Waals surface area contributed by atoms with Crippen LogP contribution in [0.1, 0.15) is 25.3 Å². The molecule has 2 rings (SSSR count). The molecular weight excluding hydrogens is 242 g/mol. The second kappa shape index (κ2) is 6.63. The molecule has 1 saturated heterocycles. The number of nitrogens with zero attached hydrogens (tertiary/aromatic N) is 2. The molecule has 1 fully saturated rings. The standard InChI is InChI=1S/C14H21N3O2/c1-11-4-7-17(10-12-2-5-15-6-3-12)13(9-16-11)8-14(18)19/h2-3,5-6,11,13,16H,4,7-10H2,1H3,(H,18,19). The number of rotatable bonds is 4. The fraction of sp³-hybridized carbons (Fsp3) is 0.571. The fourth-order valence-electron chi connectivity index (χ4n) is 2.44. The van der Waals surface area contributed by atoms with Crippen molar-refractivity contribution >= 4 is 5.97 Å². The lowest BCUT2D eigenvalue weighted by Gasteiger charge is -2.28. The van der Waals surface area contributed by atoms with Crippen LogP contribution in [0.5, 0.6) is 0 Å². The van der Waals surface area contributed by atoms with Gasteiger partial charge in [0.05, 0.1) is 6.42 Å². The van der Waals surface area contributed by atoms with Crippen LogP contribution in [-0.2, 0) is 11.3 Å². The minimum absolute atomic E-state index is 0.0515. The summed E-state index contributed by atoms with van der Waals surface area (Å²) in [7, 11) is 0. The predicted octanol–water partition coefficient (Wildman–Crippen LogP) is 1.11. The summed E-state index contributed by atoms with van der Waals surface area (Å²) in [6.07, 6.45) is 4.78. The summed E-state index contributed by atoms with van der Waals surface area (Å²) in [6, 6.07) is 4.47. The summed E-state index contributed by atoms with van der Waals surface area (Å²) < 4.78 is 0. The number of carbonyl (C=O) groups is 1. The maximum absolute atomic E-state index is 11.0. The van der Waals surface area contributed by atoms with Crippen LogP contribution in [0.25, 0.3) is 0 Å². The molecule has 0 radical (unpaired) electrons. The number of hydrogen-bond donors (Lipinski definition) is 2. The van der Waals surface area contributed by atoms with E-state index in [1.165, 1.54) is 5.56 Å². The third-order valence-electron chi connectivity index (χ3n) is 3.61. The highest BCUT2D eigenvalue weighted by atomic mass is 16.4. The van der Waals surface area contributed by atoms with E-state index in [1.807, 2.05) is 12.1 Å². The van der Waals surface area contributed by atoms with Gasteiger partial charge in [-0.15, -0.1) is 0 Å². The molecule has 104 valence electrons. The van der Waals surface area contributed by atoms with Gasteiger partial charge in [0.2, 0.25) is 0 Å². The predicted molar refractivity (Wildman–Crippen MR) is 72.8 cm³/mol. The Balaban J connectivity index is 2.06. The first-order valence-electron chi connectivity index (χ1n) is 6.73. The first kappa shape index (κ1) is 14.0. The molecule has 5 heteroatoms. The van der Waals surface area contributed by atoms with Gasteiger partial charge < -0.3 is 10.4 Å². The van der Waals surface area contributed by atoms with E-state index in [9.17, 15) is 4.79 Å². The molecule has 1 aliphatic heterocycles. The third-order valence-corrected chi connectivity index (χ3v) is 3.61. The molecule has 1 aromatic heterocycles. The average Bonchev–Trinajstić information content (AvgIpc) is 2.55. The second-order valence-electron chi connectivity index (χ2n) is 5.18. The molecule has 5 nitrogen and oxygen atoms in total. The molecule has 2 atom stereocenters. The van der Waals surface area contributed by atoms with Crippen molar-refractivity contribution < 1.29 is 9.90 Å². The van der Waals surface area contributed by atoms with Crippen molar-refractivity contribution in [2.75, 3.05) is 13.1 Å². The first-order chi connectivity index (χ1) is 9.15. The largest absolute Gasteiger partial charge is 0.481 e.